The summed E-state index contributed by atoms with van der Waals surface area (Å²) in [5, 5.41) is 2.93. The SMILES string of the molecule is C[C@H]1CCCC[C@@]12NC(=O)N(CC(=O)N(Cc1ccccc1)Cc1ccccc1)C2=O. The van der Waals surface area contributed by atoms with E-state index in [1.807, 2.05) is 67.6 Å². The summed E-state index contributed by atoms with van der Waals surface area (Å²) < 4.78 is 0. The van der Waals surface area contributed by atoms with Gasteiger partial charge in [0.25, 0.3) is 5.91 Å². The van der Waals surface area contributed by atoms with E-state index in [9.17, 15) is 14.4 Å². The fraction of sp³-hybridized carbons (Fsp3) is 0.400. The molecule has 0 radical (unpaired) electrons. The van der Waals surface area contributed by atoms with E-state index in [1.54, 1.807) is 4.90 Å². The molecule has 2 fully saturated rings. The zero-order valence-electron chi connectivity index (χ0n) is 17.9. The lowest BCUT2D eigenvalue weighted by molar-refractivity contribution is -0.141. The minimum atomic E-state index is -0.848. The van der Waals surface area contributed by atoms with Gasteiger partial charge in [-0.25, -0.2) is 4.79 Å². The molecular formula is C25H29N3O3. The highest BCUT2D eigenvalue weighted by Crippen LogP contribution is 2.38. The maximum atomic E-state index is 13.3. The number of rotatable bonds is 6. The Balaban J connectivity index is 1.52. The highest BCUT2D eigenvalue weighted by atomic mass is 16.2. The monoisotopic (exact) mass is 419 g/mol. The highest BCUT2D eigenvalue weighted by Gasteiger charge is 2.55. The number of hydrogen-bond donors (Lipinski definition) is 1. The van der Waals surface area contributed by atoms with Gasteiger partial charge in [0, 0.05) is 13.1 Å². The van der Waals surface area contributed by atoms with Gasteiger partial charge in [-0.2, -0.15) is 0 Å². The van der Waals surface area contributed by atoms with Crippen LogP contribution in [0.4, 0.5) is 4.79 Å². The van der Waals surface area contributed by atoms with E-state index in [1.165, 1.54) is 0 Å². The zero-order chi connectivity index (χ0) is 21.8. The van der Waals surface area contributed by atoms with Crippen LogP contribution in [0.3, 0.4) is 0 Å². The second-order valence-corrected chi connectivity index (χ2v) is 8.66. The van der Waals surface area contributed by atoms with Gasteiger partial charge in [-0.15, -0.1) is 0 Å². The smallest absolute Gasteiger partial charge is 0.325 e. The van der Waals surface area contributed by atoms with Crippen molar-refractivity contribution in [1.29, 1.82) is 0 Å². The van der Waals surface area contributed by atoms with E-state index in [0.717, 1.165) is 35.3 Å². The Hall–Kier alpha value is -3.15. The molecule has 4 rings (SSSR count). The minimum Gasteiger partial charge on any atom is -0.332 e. The average Bonchev–Trinajstić information content (AvgIpc) is 3.01. The first-order valence-corrected chi connectivity index (χ1v) is 11.0. The Morgan fingerprint density at radius 3 is 2.13 bits per heavy atom. The first-order chi connectivity index (χ1) is 15.0. The van der Waals surface area contributed by atoms with Crippen LogP contribution in [0.25, 0.3) is 0 Å². The summed E-state index contributed by atoms with van der Waals surface area (Å²) in [6.07, 6.45) is 3.52. The van der Waals surface area contributed by atoms with Gasteiger partial charge in [-0.05, 0) is 29.9 Å². The number of nitrogens with one attached hydrogen (secondary N) is 1. The molecule has 1 aliphatic carbocycles. The van der Waals surface area contributed by atoms with Crippen molar-refractivity contribution in [3.05, 3.63) is 71.8 Å². The minimum absolute atomic E-state index is 0.0718. The predicted octanol–water partition coefficient (Wildman–Crippen LogP) is 3.72. The van der Waals surface area contributed by atoms with Crippen LogP contribution < -0.4 is 5.32 Å². The van der Waals surface area contributed by atoms with E-state index in [4.69, 9.17) is 0 Å². The Labute approximate surface area is 183 Å². The number of carbonyl (C=O) groups is 3. The fourth-order valence-corrected chi connectivity index (χ4v) is 4.71. The van der Waals surface area contributed by atoms with E-state index >= 15 is 0 Å². The lowest BCUT2D eigenvalue weighted by atomic mass is 9.73. The van der Waals surface area contributed by atoms with Gasteiger partial charge in [0.05, 0.1) is 0 Å². The molecule has 1 N–H and O–H groups in total. The molecule has 1 saturated heterocycles. The number of benzene rings is 2. The second kappa shape index (κ2) is 8.92. The summed E-state index contributed by atoms with van der Waals surface area (Å²) in [6, 6.07) is 19.0. The van der Waals surface area contributed by atoms with Crippen molar-refractivity contribution in [2.75, 3.05) is 6.54 Å². The van der Waals surface area contributed by atoms with Crippen molar-refractivity contribution >= 4 is 17.8 Å². The Kier molecular flexibility index (Phi) is 6.07. The molecule has 0 unspecified atom stereocenters. The maximum Gasteiger partial charge on any atom is 0.325 e. The molecule has 1 saturated carbocycles. The molecule has 162 valence electrons. The van der Waals surface area contributed by atoms with E-state index in [2.05, 4.69) is 5.32 Å². The van der Waals surface area contributed by atoms with Gasteiger partial charge < -0.3 is 10.2 Å². The van der Waals surface area contributed by atoms with Gasteiger partial charge in [-0.1, -0.05) is 80.4 Å². The van der Waals surface area contributed by atoms with Crippen molar-refractivity contribution in [3.63, 3.8) is 0 Å². The summed E-state index contributed by atoms with van der Waals surface area (Å²) in [6.45, 7) is 2.61. The number of imide groups is 1. The van der Waals surface area contributed by atoms with Crippen molar-refractivity contribution in [2.24, 2.45) is 5.92 Å². The Morgan fingerprint density at radius 2 is 1.58 bits per heavy atom. The molecule has 0 bridgehead atoms. The topological polar surface area (TPSA) is 69.7 Å². The molecule has 2 aromatic rings. The molecule has 4 amide bonds. The van der Waals surface area contributed by atoms with Crippen LogP contribution in [0.2, 0.25) is 0 Å². The predicted molar refractivity (Wildman–Crippen MR) is 118 cm³/mol. The molecule has 6 nitrogen and oxygen atoms in total. The van der Waals surface area contributed by atoms with Crippen LogP contribution in [0, 0.1) is 5.92 Å². The molecule has 1 heterocycles. The Bertz CT molecular complexity index is 905. The summed E-state index contributed by atoms with van der Waals surface area (Å²) in [5.74, 6) is -0.420. The average molecular weight is 420 g/mol. The number of amides is 4. The lowest BCUT2D eigenvalue weighted by Crippen LogP contribution is -2.54. The third-order valence-electron chi connectivity index (χ3n) is 6.58. The number of nitrogens with zero attached hydrogens (tertiary/aromatic N) is 2. The fourth-order valence-electron chi connectivity index (χ4n) is 4.71. The molecule has 2 aromatic carbocycles. The number of hydrogen-bond acceptors (Lipinski definition) is 3. The van der Waals surface area contributed by atoms with Crippen molar-refractivity contribution in [3.8, 4) is 0 Å². The Morgan fingerprint density at radius 1 is 1.00 bits per heavy atom. The van der Waals surface area contributed by atoms with Crippen LogP contribution in [0.1, 0.15) is 43.7 Å². The molecule has 2 atom stereocenters. The molecule has 2 aliphatic rings. The number of urea groups is 1. The van der Waals surface area contributed by atoms with Crippen molar-refractivity contribution in [2.45, 2.75) is 51.2 Å². The van der Waals surface area contributed by atoms with Crippen LogP contribution in [-0.4, -0.2) is 39.7 Å². The standard InChI is InChI=1S/C25H29N3O3/c1-19-10-8-9-15-25(19)23(30)28(24(31)26-25)18-22(29)27(16-20-11-4-2-5-12-20)17-21-13-6-3-7-14-21/h2-7,11-14,19H,8-10,15-18H2,1H3,(H,26,31)/t19-,25+/m0/s1. The van der Waals surface area contributed by atoms with Gasteiger partial charge in [-0.3, -0.25) is 14.5 Å². The first kappa shape index (κ1) is 21.1. The van der Waals surface area contributed by atoms with Gasteiger partial charge >= 0.3 is 6.03 Å². The largest absolute Gasteiger partial charge is 0.332 e. The van der Waals surface area contributed by atoms with Crippen LogP contribution >= 0.6 is 0 Å². The zero-order valence-corrected chi connectivity index (χ0v) is 17.9. The van der Waals surface area contributed by atoms with Gasteiger partial charge in [0.15, 0.2) is 0 Å². The third kappa shape index (κ3) is 4.33. The summed E-state index contributed by atoms with van der Waals surface area (Å²) in [4.78, 5) is 42.1. The summed E-state index contributed by atoms with van der Waals surface area (Å²) >= 11 is 0. The quantitative estimate of drug-likeness (QED) is 0.726. The number of carbonyl (C=O) groups excluding carboxylic acids is 3. The molecular weight excluding hydrogens is 390 g/mol. The summed E-state index contributed by atoms with van der Waals surface area (Å²) in [5.41, 5.74) is 1.15. The first-order valence-electron chi connectivity index (χ1n) is 11.0. The molecule has 0 aromatic heterocycles. The molecule has 31 heavy (non-hydrogen) atoms. The second-order valence-electron chi connectivity index (χ2n) is 8.66. The van der Waals surface area contributed by atoms with E-state index in [0.29, 0.717) is 19.5 Å². The van der Waals surface area contributed by atoms with Gasteiger partial charge in [0.2, 0.25) is 5.91 Å². The van der Waals surface area contributed by atoms with Crippen LogP contribution in [0.5, 0.6) is 0 Å². The van der Waals surface area contributed by atoms with Crippen LogP contribution in [-0.2, 0) is 22.7 Å². The molecule has 6 heteroatoms. The summed E-state index contributed by atoms with van der Waals surface area (Å²) in [7, 11) is 0. The van der Waals surface area contributed by atoms with Gasteiger partial charge in [0.1, 0.15) is 12.1 Å². The van der Waals surface area contributed by atoms with E-state index in [-0.39, 0.29) is 24.3 Å². The third-order valence-corrected chi connectivity index (χ3v) is 6.58. The van der Waals surface area contributed by atoms with Crippen molar-refractivity contribution in [1.82, 2.24) is 15.1 Å². The highest BCUT2D eigenvalue weighted by molar-refractivity contribution is 6.09. The normalized spacial score (nSPS) is 23.1. The maximum absolute atomic E-state index is 13.3. The molecule has 1 spiro atoms. The van der Waals surface area contributed by atoms with Crippen LogP contribution in [0.15, 0.2) is 60.7 Å². The van der Waals surface area contributed by atoms with E-state index < -0.39 is 11.6 Å². The molecule has 1 aliphatic heterocycles. The lowest BCUT2D eigenvalue weighted by Gasteiger charge is -2.36. The van der Waals surface area contributed by atoms with Crippen molar-refractivity contribution < 1.29 is 14.4 Å².